The van der Waals surface area contributed by atoms with E-state index >= 15 is 0 Å². The fourth-order valence-corrected chi connectivity index (χ4v) is 8.06. The van der Waals surface area contributed by atoms with Crippen molar-refractivity contribution >= 4 is 19.8 Å². The number of carbonyl (C=O) groups is 2. The second kappa shape index (κ2) is 36.0. The number of quaternary nitrogens is 1. The molecule has 12 heteroatoms. The molecule has 0 radical (unpaired) electrons. The first-order valence-corrected chi connectivity index (χ1v) is 27.0. The lowest BCUT2D eigenvalue weighted by molar-refractivity contribution is -0.870. The van der Waals surface area contributed by atoms with Crippen LogP contribution in [0.15, 0.2) is 65.2 Å². The van der Waals surface area contributed by atoms with Crippen LogP contribution in [0.5, 0.6) is 0 Å². The molecule has 3 unspecified atom stereocenters. The third-order valence-electron chi connectivity index (χ3n) is 11.7. The van der Waals surface area contributed by atoms with Crippen LogP contribution in [-0.4, -0.2) is 87.1 Å². The van der Waals surface area contributed by atoms with Crippen LogP contribution in [0.4, 0.5) is 0 Å². The lowest BCUT2D eigenvalue weighted by Gasteiger charge is -2.24. The highest BCUT2D eigenvalue weighted by Gasteiger charge is 2.36. The molecule has 11 nitrogen and oxygen atoms in total. The summed E-state index contributed by atoms with van der Waals surface area (Å²) in [6, 6.07) is 0. The summed E-state index contributed by atoms with van der Waals surface area (Å²) in [5.74, 6) is 1.45. The largest absolute Gasteiger partial charge is 0.472 e. The number of carbonyl (C=O) groups excluding carboxylic acids is 2. The van der Waals surface area contributed by atoms with Crippen molar-refractivity contribution in [1.82, 2.24) is 0 Å². The van der Waals surface area contributed by atoms with E-state index in [0.29, 0.717) is 36.1 Å². The molecule has 1 aromatic rings. The van der Waals surface area contributed by atoms with Gasteiger partial charge in [-0.3, -0.25) is 18.6 Å². The predicted molar refractivity (Wildman–Crippen MR) is 268 cm³/mol. The highest BCUT2D eigenvalue weighted by atomic mass is 31.2. The average molecular weight is 945 g/mol. The van der Waals surface area contributed by atoms with Crippen LogP contribution in [0, 0.1) is 13.8 Å². The number of phosphoric ester groups is 1. The lowest BCUT2D eigenvalue weighted by atomic mass is 10.0. The number of rotatable bonds is 41. The minimum atomic E-state index is -4.41. The number of hydrogen-bond donors (Lipinski definition) is 1. The molecule has 2 heterocycles. The van der Waals surface area contributed by atoms with Gasteiger partial charge in [-0.25, -0.2) is 4.57 Å². The van der Waals surface area contributed by atoms with Crippen LogP contribution in [0.2, 0.25) is 0 Å². The Labute approximate surface area is 400 Å². The fourth-order valence-electron chi connectivity index (χ4n) is 7.32. The van der Waals surface area contributed by atoms with Gasteiger partial charge in [0, 0.05) is 25.7 Å². The van der Waals surface area contributed by atoms with Gasteiger partial charge in [0.25, 0.3) is 0 Å². The van der Waals surface area contributed by atoms with Gasteiger partial charge in [-0.2, -0.15) is 0 Å². The number of furan rings is 1. The van der Waals surface area contributed by atoms with Crippen molar-refractivity contribution in [3.8, 4) is 0 Å². The number of esters is 2. The van der Waals surface area contributed by atoms with Crippen molar-refractivity contribution in [2.75, 3.05) is 47.5 Å². The number of hydrogen-bond acceptors (Lipinski definition) is 9. The summed E-state index contributed by atoms with van der Waals surface area (Å²) in [6.45, 7) is 8.56. The number of epoxide rings is 1. The first-order valence-electron chi connectivity index (χ1n) is 25.5. The van der Waals surface area contributed by atoms with Crippen LogP contribution in [0.3, 0.4) is 0 Å². The Morgan fingerprint density at radius 3 is 1.73 bits per heavy atom. The van der Waals surface area contributed by atoms with E-state index in [2.05, 4.69) is 76.3 Å². The van der Waals surface area contributed by atoms with E-state index in [9.17, 15) is 19.0 Å². The Morgan fingerprint density at radius 1 is 0.652 bits per heavy atom. The molecular weight excluding hydrogens is 854 g/mol. The molecule has 1 aliphatic rings. The van der Waals surface area contributed by atoms with E-state index in [1.54, 1.807) is 0 Å². The third kappa shape index (κ3) is 31.1. The molecule has 0 aliphatic carbocycles. The number of phosphoric acid groups is 1. The van der Waals surface area contributed by atoms with Crippen molar-refractivity contribution in [2.45, 2.75) is 200 Å². The van der Waals surface area contributed by atoms with Gasteiger partial charge in [0.05, 0.1) is 40.0 Å². The van der Waals surface area contributed by atoms with Crippen LogP contribution in [0.25, 0.3) is 0 Å². The van der Waals surface area contributed by atoms with Crippen molar-refractivity contribution < 1.29 is 51.2 Å². The number of aryl methyl sites for hydroxylation is 2. The maximum atomic E-state index is 12.8. The van der Waals surface area contributed by atoms with E-state index in [1.165, 1.54) is 80.4 Å². The summed E-state index contributed by atoms with van der Waals surface area (Å²) in [6.07, 6.45) is 44.3. The van der Waals surface area contributed by atoms with E-state index < -0.39 is 32.5 Å². The standard InChI is InChI=1S/C54H90NO10P/c1-8-10-30-36-49-46(3)47(4)50(64-49)37-32-26-22-18-16-17-21-25-29-35-41-54(57)63-48(45-62-66(58,59)61-43-42-55(5,6)7)44-60-53(56)40-34-28-24-20-15-13-12-14-19-23-27-33-39-52-51(65-52)38-31-11-9-2/h11,13-15,19,24,27-28,31,33,48,51-52H,8-10,12,16-18,20-23,25-26,29-30,32,34-45H2,1-7H3/p+1/b15-13-,19-14-,28-24-,31-11-,33-27-/t48-,51?,52?/m1/s1. The van der Waals surface area contributed by atoms with E-state index in [1.807, 2.05) is 33.3 Å². The van der Waals surface area contributed by atoms with Crippen molar-refractivity contribution in [3.05, 3.63) is 83.4 Å². The van der Waals surface area contributed by atoms with Gasteiger partial charge in [-0.1, -0.05) is 139 Å². The molecule has 1 fully saturated rings. The number of allylic oxidation sites excluding steroid dienone is 8. The number of nitrogens with zero attached hydrogens (tertiary/aromatic N) is 1. The van der Waals surface area contributed by atoms with Crippen molar-refractivity contribution in [1.29, 1.82) is 0 Å². The smallest absolute Gasteiger partial charge is 0.466 e. The number of likely N-dealkylation sites (N-methyl/N-ethyl adjacent to an activating group) is 1. The summed E-state index contributed by atoms with van der Waals surface area (Å²) in [4.78, 5) is 35.6. The van der Waals surface area contributed by atoms with Crippen molar-refractivity contribution in [2.24, 2.45) is 0 Å². The zero-order chi connectivity index (χ0) is 48.3. The highest BCUT2D eigenvalue weighted by molar-refractivity contribution is 7.47. The van der Waals surface area contributed by atoms with Gasteiger partial charge < -0.3 is 28.0 Å². The quantitative estimate of drug-likeness (QED) is 0.0169. The summed E-state index contributed by atoms with van der Waals surface area (Å²) < 4.78 is 46.3. The van der Waals surface area contributed by atoms with Gasteiger partial charge in [0.15, 0.2) is 6.10 Å². The first-order chi connectivity index (χ1) is 31.7. The maximum absolute atomic E-state index is 12.8. The first kappa shape index (κ1) is 59.1. The monoisotopic (exact) mass is 945 g/mol. The Bertz CT molecular complexity index is 1650. The van der Waals surface area contributed by atoms with E-state index in [4.69, 9.17) is 27.7 Å². The van der Waals surface area contributed by atoms with Crippen LogP contribution < -0.4 is 0 Å². The number of unbranched alkanes of at least 4 members (excludes halogenated alkanes) is 11. The zero-order valence-electron chi connectivity index (χ0n) is 42.3. The number of ether oxygens (including phenoxy) is 3. The minimum Gasteiger partial charge on any atom is -0.466 e. The van der Waals surface area contributed by atoms with Crippen molar-refractivity contribution in [3.63, 3.8) is 0 Å². The summed E-state index contributed by atoms with van der Waals surface area (Å²) in [5.41, 5.74) is 2.68. The third-order valence-corrected chi connectivity index (χ3v) is 12.7. The molecule has 4 atom stereocenters. The zero-order valence-corrected chi connectivity index (χ0v) is 43.2. The second-order valence-corrected chi connectivity index (χ2v) is 20.2. The predicted octanol–water partition coefficient (Wildman–Crippen LogP) is 13.4. The molecule has 1 N–H and O–H groups in total. The summed E-state index contributed by atoms with van der Waals surface area (Å²) in [7, 11) is 1.41. The lowest BCUT2D eigenvalue weighted by Crippen LogP contribution is -2.37. The molecule has 66 heavy (non-hydrogen) atoms. The van der Waals surface area contributed by atoms with E-state index in [-0.39, 0.29) is 26.1 Å². The molecule has 0 aromatic carbocycles. The summed E-state index contributed by atoms with van der Waals surface area (Å²) >= 11 is 0. The molecular formula is C54H91NO10P+. The average Bonchev–Trinajstić information content (AvgIpc) is 3.97. The molecule has 1 saturated heterocycles. The van der Waals surface area contributed by atoms with Gasteiger partial charge in [-0.15, -0.1) is 0 Å². The van der Waals surface area contributed by atoms with Gasteiger partial charge in [0.1, 0.15) is 31.3 Å². The Morgan fingerprint density at radius 2 is 1.17 bits per heavy atom. The molecule has 0 bridgehead atoms. The highest BCUT2D eigenvalue weighted by Crippen LogP contribution is 2.43. The Kier molecular flexibility index (Phi) is 32.2. The molecule has 2 rings (SSSR count). The van der Waals surface area contributed by atoms with Crippen LogP contribution in [0.1, 0.15) is 178 Å². The molecule has 1 aromatic heterocycles. The van der Waals surface area contributed by atoms with E-state index in [0.717, 1.165) is 70.6 Å². The minimum absolute atomic E-state index is 0.0103. The van der Waals surface area contributed by atoms with Gasteiger partial charge >= 0.3 is 19.8 Å². The Balaban J connectivity index is 1.61. The molecule has 1 aliphatic heterocycles. The molecule has 0 saturated carbocycles. The molecule has 376 valence electrons. The van der Waals surface area contributed by atoms with Gasteiger partial charge in [0.2, 0.25) is 0 Å². The topological polar surface area (TPSA) is 134 Å². The van der Waals surface area contributed by atoms with Crippen LogP contribution in [-0.2, 0) is 50.3 Å². The fraction of sp³-hybridized carbons (Fsp3) is 0.704. The Hall–Kier alpha value is -3.05. The van der Waals surface area contributed by atoms with Crippen LogP contribution >= 0.6 is 7.82 Å². The second-order valence-electron chi connectivity index (χ2n) is 18.8. The molecule has 0 spiro atoms. The normalized spacial score (nSPS) is 17.0. The molecule has 0 amide bonds. The maximum Gasteiger partial charge on any atom is 0.472 e. The van der Waals surface area contributed by atoms with Gasteiger partial charge in [-0.05, 0) is 89.2 Å². The SMILES string of the molecule is CC/C=C\CC1OC1C/C=C\C/C=C\C/C=C\C/C=C\CCC(=O)OC[C@H](COP(=O)(O)OCC[N+](C)(C)C)OC(=O)CCCCCCCCCCCCc1oc(CCCCC)c(C)c1C. The summed E-state index contributed by atoms with van der Waals surface area (Å²) in [5, 5.41) is 0.